The van der Waals surface area contributed by atoms with E-state index in [4.69, 9.17) is 23.7 Å². The molecular formula is C41H54N2O14. The van der Waals surface area contributed by atoms with Gasteiger partial charge in [-0.15, -0.1) is 0 Å². The first-order chi connectivity index (χ1) is 26.6. The van der Waals surface area contributed by atoms with E-state index in [1.807, 2.05) is 0 Å². The highest BCUT2D eigenvalue weighted by atomic mass is 16.7. The van der Waals surface area contributed by atoms with Crippen molar-refractivity contribution in [2.75, 3.05) is 19.0 Å². The van der Waals surface area contributed by atoms with Crippen LogP contribution in [0.4, 0.5) is 5.69 Å². The number of phenolic OH excluding ortho intramolecular Hbond substituents is 2. The fourth-order valence-electron chi connectivity index (χ4n) is 7.17. The zero-order valence-corrected chi connectivity index (χ0v) is 33.8. The Labute approximate surface area is 331 Å². The third-order valence-electron chi connectivity index (χ3n) is 10.6. The molecule has 16 heteroatoms. The van der Waals surface area contributed by atoms with Crippen LogP contribution in [0.1, 0.15) is 71.3 Å². The summed E-state index contributed by atoms with van der Waals surface area (Å²) in [5, 5.41) is 59.9. The summed E-state index contributed by atoms with van der Waals surface area (Å²) in [7, 11) is 1.42. The van der Waals surface area contributed by atoms with Crippen LogP contribution in [0.15, 0.2) is 42.2 Å². The zero-order valence-electron chi connectivity index (χ0n) is 33.8. The number of carbonyl (C=O) groups is 4. The third-order valence-corrected chi connectivity index (χ3v) is 10.6. The fourth-order valence-corrected chi connectivity index (χ4v) is 7.17. The predicted octanol–water partition coefficient (Wildman–Crippen LogP) is 3.88. The number of aliphatic hydroxyl groups excluding tert-OH is 3. The summed E-state index contributed by atoms with van der Waals surface area (Å²) in [6, 6.07) is 1.18. The highest BCUT2D eigenvalue weighted by Gasteiger charge is 2.49. The molecule has 312 valence electrons. The summed E-state index contributed by atoms with van der Waals surface area (Å²) < 4.78 is 29.3. The number of aliphatic hydroxyl groups is 3. The number of rotatable bonds is 6. The molecule has 10 unspecified atom stereocenters. The molecule has 0 spiro atoms. The molecule has 0 fully saturated rings. The SMILES string of the molecule is COC1/C=C/OC2(C)Oc3c(C)c(O)c4c(O)c(cc(OCC(=O)NC(C)O)c4c3C2=O)NC(=O)/C(C)=C\C=C\C(C)C(O)C(C)C(O)C(C)C(OC(C)=O)C1C. The van der Waals surface area contributed by atoms with Crippen molar-refractivity contribution in [2.45, 2.75) is 98.7 Å². The van der Waals surface area contributed by atoms with E-state index in [1.54, 1.807) is 39.8 Å². The number of benzene rings is 2. The fraction of sp³-hybridized carbons (Fsp3) is 0.512. The number of fused-ring (bicyclic) bond motifs is 14. The quantitative estimate of drug-likeness (QED) is 0.125. The Bertz CT molecular complexity index is 1970. The molecule has 2 amide bonds. The molecule has 3 heterocycles. The lowest BCUT2D eigenvalue weighted by atomic mass is 9.78. The number of Topliss-reactive ketones (excluding diaryl/α,β-unsaturated/α-hetero) is 1. The molecule has 0 saturated heterocycles. The molecule has 2 aromatic carbocycles. The Hall–Kier alpha value is -5.16. The van der Waals surface area contributed by atoms with Crippen LogP contribution in [0.3, 0.4) is 0 Å². The van der Waals surface area contributed by atoms with Gasteiger partial charge in [-0.3, -0.25) is 19.2 Å². The van der Waals surface area contributed by atoms with Gasteiger partial charge in [-0.2, -0.15) is 0 Å². The molecule has 57 heavy (non-hydrogen) atoms. The Morgan fingerprint density at radius 2 is 1.67 bits per heavy atom. The van der Waals surface area contributed by atoms with Crippen LogP contribution in [0.25, 0.3) is 10.8 Å². The Morgan fingerprint density at radius 3 is 2.28 bits per heavy atom. The number of nitrogens with one attached hydrogen (secondary N) is 2. The summed E-state index contributed by atoms with van der Waals surface area (Å²) >= 11 is 0. The van der Waals surface area contributed by atoms with Gasteiger partial charge in [-0.1, -0.05) is 45.9 Å². The lowest BCUT2D eigenvalue weighted by Gasteiger charge is -2.38. The standard InChI is InChI=1S/C41H54N2O14/c1-18-12-11-13-19(2)40(52)43-26-16-28(54-17-29(46)42-24(7)44)30-31(36(26)50)35(49)23(6)38-32(30)39(51)41(9,57-38)55-15-14-27(53-10)20(3)37(56-25(8)45)22(5)34(48)21(4)33(18)47/h11-16,18,20-22,24,27,33-34,37,44,47-50H,17H2,1-10H3,(H,42,46)(H,43,52)/b12-11+,15-14+,19-13-. The number of esters is 1. The van der Waals surface area contributed by atoms with E-state index in [0.717, 1.165) is 0 Å². The van der Waals surface area contributed by atoms with Crippen LogP contribution in [0.5, 0.6) is 23.0 Å². The van der Waals surface area contributed by atoms with Crippen LogP contribution in [0, 0.1) is 30.6 Å². The average molecular weight is 799 g/mol. The van der Waals surface area contributed by atoms with E-state index in [9.17, 15) is 44.7 Å². The molecule has 2 aromatic rings. The Morgan fingerprint density at radius 1 is 1.00 bits per heavy atom. The number of amides is 2. The molecule has 3 aliphatic rings. The van der Waals surface area contributed by atoms with Crippen molar-refractivity contribution in [3.63, 3.8) is 0 Å². The van der Waals surface area contributed by atoms with Crippen LogP contribution in [0.2, 0.25) is 0 Å². The number of allylic oxidation sites excluding steroid dienone is 2. The summed E-state index contributed by atoms with van der Waals surface area (Å²) in [4.78, 5) is 52.6. The molecule has 0 saturated carbocycles. The Kier molecular flexibility index (Phi) is 14.0. The maximum absolute atomic E-state index is 14.4. The van der Waals surface area contributed by atoms with E-state index in [0.29, 0.717) is 0 Å². The van der Waals surface area contributed by atoms with Gasteiger partial charge in [-0.25, -0.2) is 0 Å². The largest absolute Gasteiger partial charge is 0.507 e. The molecule has 0 aromatic heterocycles. The predicted molar refractivity (Wildman–Crippen MR) is 207 cm³/mol. The van der Waals surface area contributed by atoms with E-state index in [1.165, 1.54) is 66.2 Å². The third kappa shape index (κ3) is 9.36. The van der Waals surface area contributed by atoms with Gasteiger partial charge < -0.3 is 59.9 Å². The number of carbonyl (C=O) groups excluding carboxylic acids is 4. The van der Waals surface area contributed by atoms with E-state index >= 15 is 0 Å². The van der Waals surface area contributed by atoms with E-state index in [2.05, 4.69) is 10.6 Å². The topological polar surface area (TPSA) is 240 Å². The van der Waals surface area contributed by atoms with Crippen LogP contribution in [-0.4, -0.2) is 99.2 Å². The van der Waals surface area contributed by atoms with Crippen LogP contribution in [-0.2, 0) is 28.6 Å². The van der Waals surface area contributed by atoms with Gasteiger partial charge >= 0.3 is 11.8 Å². The van der Waals surface area contributed by atoms with Crippen molar-refractivity contribution in [1.29, 1.82) is 0 Å². The van der Waals surface area contributed by atoms with Crippen molar-refractivity contribution < 1.29 is 68.4 Å². The molecule has 0 aliphatic carbocycles. The molecule has 3 aliphatic heterocycles. The number of methoxy groups -OCH3 is 1. The van der Waals surface area contributed by atoms with Gasteiger partial charge in [0.2, 0.25) is 0 Å². The number of ketones is 1. The second kappa shape index (κ2) is 18.0. The maximum atomic E-state index is 14.4. The number of anilines is 1. The smallest absolute Gasteiger partial charge is 0.312 e. The number of ether oxygens (including phenoxy) is 5. The van der Waals surface area contributed by atoms with Crippen molar-refractivity contribution in [3.05, 3.63) is 53.3 Å². The number of hydrogen-bond acceptors (Lipinski definition) is 14. The van der Waals surface area contributed by atoms with E-state index in [-0.39, 0.29) is 44.7 Å². The minimum atomic E-state index is -2.06. The Balaban J connectivity index is 1.93. The summed E-state index contributed by atoms with van der Waals surface area (Å²) in [6.45, 7) is 13.0. The van der Waals surface area contributed by atoms with Gasteiger partial charge in [0.15, 0.2) is 12.4 Å². The molecule has 5 bridgehead atoms. The first kappa shape index (κ1) is 44.6. The minimum absolute atomic E-state index is 0.0381. The normalized spacial score (nSPS) is 31.0. The molecule has 7 N–H and O–H groups in total. The number of aromatic hydroxyl groups is 2. The molecular weight excluding hydrogens is 744 g/mol. The molecule has 16 nitrogen and oxygen atoms in total. The van der Waals surface area contributed by atoms with Crippen molar-refractivity contribution in [2.24, 2.45) is 23.7 Å². The lowest BCUT2D eigenvalue weighted by molar-refractivity contribution is -0.160. The number of phenols is 2. The van der Waals surface area contributed by atoms with Crippen molar-refractivity contribution in [1.82, 2.24) is 5.32 Å². The lowest BCUT2D eigenvalue weighted by Crippen LogP contribution is -2.46. The van der Waals surface area contributed by atoms with Crippen LogP contribution < -0.4 is 20.1 Å². The van der Waals surface area contributed by atoms with Crippen LogP contribution >= 0.6 is 0 Å². The molecule has 0 radical (unpaired) electrons. The second-order valence-corrected chi connectivity index (χ2v) is 14.9. The van der Waals surface area contributed by atoms with Gasteiger partial charge in [-0.05, 0) is 26.8 Å². The monoisotopic (exact) mass is 798 g/mol. The maximum Gasteiger partial charge on any atom is 0.312 e. The summed E-state index contributed by atoms with van der Waals surface area (Å²) in [5.41, 5.74) is -0.200. The highest BCUT2D eigenvalue weighted by molar-refractivity contribution is 6.21. The second-order valence-electron chi connectivity index (χ2n) is 14.9. The first-order valence-electron chi connectivity index (χ1n) is 18.6. The molecule has 5 rings (SSSR count). The minimum Gasteiger partial charge on any atom is -0.507 e. The number of hydrogen-bond donors (Lipinski definition) is 7. The van der Waals surface area contributed by atoms with Gasteiger partial charge in [0, 0.05) is 67.2 Å². The van der Waals surface area contributed by atoms with Gasteiger partial charge in [0.1, 0.15) is 29.6 Å². The summed E-state index contributed by atoms with van der Waals surface area (Å²) in [6.07, 6.45) is 2.19. The van der Waals surface area contributed by atoms with Gasteiger partial charge in [0.25, 0.3) is 17.6 Å². The zero-order chi connectivity index (χ0) is 42.7. The average Bonchev–Trinajstić information content (AvgIpc) is 3.41. The summed E-state index contributed by atoms with van der Waals surface area (Å²) in [5.74, 6) is -8.83. The van der Waals surface area contributed by atoms with Crippen molar-refractivity contribution in [3.8, 4) is 23.0 Å². The highest BCUT2D eigenvalue weighted by Crippen LogP contribution is 2.54. The van der Waals surface area contributed by atoms with E-state index < -0.39 is 102 Å². The van der Waals surface area contributed by atoms with Gasteiger partial charge in [0.05, 0.1) is 41.2 Å². The molecule has 10 atom stereocenters. The first-order valence-corrected chi connectivity index (χ1v) is 18.6. The van der Waals surface area contributed by atoms with Crippen molar-refractivity contribution >= 4 is 40.0 Å².